The molecule has 0 amide bonds. The summed E-state index contributed by atoms with van der Waals surface area (Å²) in [5.41, 5.74) is -1.89. The van der Waals surface area contributed by atoms with Crippen molar-refractivity contribution in [3.05, 3.63) is 75.8 Å². The number of rotatable bonds is 4. The topological polar surface area (TPSA) is 173 Å². The normalized spacial score (nSPS) is 12.0. The van der Waals surface area contributed by atoms with Gasteiger partial charge in [0.05, 0.1) is 31.8 Å². The van der Waals surface area contributed by atoms with E-state index in [1.54, 1.807) is 0 Å². The third-order valence-corrected chi connectivity index (χ3v) is 4.90. The van der Waals surface area contributed by atoms with Crippen LogP contribution in [0, 0.1) is 40.5 Å². The van der Waals surface area contributed by atoms with E-state index in [2.05, 4.69) is 0 Å². The van der Waals surface area contributed by atoms with Gasteiger partial charge < -0.3 is 0 Å². The van der Waals surface area contributed by atoms with Gasteiger partial charge in [-0.2, -0.15) is 0 Å². The fourth-order valence-electron chi connectivity index (χ4n) is 2.60. The van der Waals surface area contributed by atoms with Gasteiger partial charge in [0.2, 0.25) is 0 Å². The summed E-state index contributed by atoms with van der Waals surface area (Å²) in [7, 11) is 0. The molecular weight excluding hydrogens is 372 g/mol. The van der Waals surface area contributed by atoms with Gasteiger partial charge >= 0.3 is 0 Å². The van der Waals surface area contributed by atoms with Crippen molar-refractivity contribution in [3.63, 3.8) is 0 Å². The summed E-state index contributed by atoms with van der Waals surface area (Å²) in [6, 6.07) is 3.81. The van der Waals surface area contributed by atoms with E-state index in [0.717, 1.165) is 36.0 Å². The van der Waals surface area contributed by atoms with Crippen molar-refractivity contribution in [2.45, 2.75) is 16.2 Å². The van der Waals surface area contributed by atoms with Crippen molar-refractivity contribution in [2.24, 2.45) is 0 Å². The van der Waals surface area contributed by atoms with E-state index in [1.165, 1.54) is 0 Å². The Morgan fingerprint density at radius 3 is 1.35 bits per heavy atom. The SMILES string of the molecule is O=[N+]([O-])c1cc2c(c([N+](=O)[O-])c1)Cc1c(cc([N+](=O)[O-])cc1[N+](=O)[O-])S2. The molecule has 0 aromatic heterocycles. The highest BCUT2D eigenvalue weighted by Gasteiger charge is 2.34. The average molecular weight is 378 g/mol. The van der Waals surface area contributed by atoms with Crippen molar-refractivity contribution in [2.75, 3.05) is 0 Å². The predicted octanol–water partition coefficient (Wildman–Crippen LogP) is 3.37. The Morgan fingerprint density at radius 1 is 0.654 bits per heavy atom. The Balaban J connectivity index is 2.25. The fraction of sp³-hybridized carbons (Fsp3) is 0.0769. The monoisotopic (exact) mass is 378 g/mol. The van der Waals surface area contributed by atoms with Gasteiger partial charge in [-0.05, 0) is 0 Å². The summed E-state index contributed by atoms with van der Waals surface area (Å²) in [6.45, 7) is 0. The van der Waals surface area contributed by atoms with E-state index in [4.69, 9.17) is 0 Å². The quantitative estimate of drug-likeness (QED) is 0.487. The first-order valence-corrected chi connectivity index (χ1v) is 7.60. The molecule has 0 saturated heterocycles. The molecule has 1 heterocycles. The average Bonchev–Trinajstić information content (AvgIpc) is 2.57. The first-order chi connectivity index (χ1) is 12.2. The molecule has 0 aliphatic carbocycles. The second-order valence-corrected chi connectivity index (χ2v) is 6.27. The van der Waals surface area contributed by atoms with Crippen LogP contribution in [0.25, 0.3) is 0 Å². The van der Waals surface area contributed by atoms with Gasteiger partial charge in [-0.15, -0.1) is 0 Å². The Bertz CT molecular complexity index is 942. The number of hydrogen-bond donors (Lipinski definition) is 0. The van der Waals surface area contributed by atoms with E-state index in [9.17, 15) is 40.5 Å². The molecule has 26 heavy (non-hydrogen) atoms. The zero-order chi connectivity index (χ0) is 19.2. The van der Waals surface area contributed by atoms with Crippen LogP contribution >= 0.6 is 11.8 Å². The maximum atomic E-state index is 11.3. The minimum atomic E-state index is -0.797. The van der Waals surface area contributed by atoms with Gasteiger partial charge in [0.25, 0.3) is 22.7 Å². The van der Waals surface area contributed by atoms with Crippen molar-refractivity contribution in [1.82, 2.24) is 0 Å². The highest BCUT2D eigenvalue weighted by molar-refractivity contribution is 7.99. The molecule has 0 N–H and O–H groups in total. The van der Waals surface area contributed by atoms with Crippen molar-refractivity contribution in [3.8, 4) is 0 Å². The van der Waals surface area contributed by atoms with Crippen LogP contribution in [0.5, 0.6) is 0 Å². The van der Waals surface area contributed by atoms with E-state index in [1.807, 2.05) is 0 Å². The highest BCUT2D eigenvalue weighted by atomic mass is 32.2. The van der Waals surface area contributed by atoms with Gasteiger partial charge in [-0.25, -0.2) is 0 Å². The summed E-state index contributed by atoms with van der Waals surface area (Å²) in [5, 5.41) is 44.5. The van der Waals surface area contributed by atoms with Crippen molar-refractivity contribution >= 4 is 34.5 Å². The van der Waals surface area contributed by atoms with Crippen LogP contribution in [0.4, 0.5) is 22.7 Å². The van der Waals surface area contributed by atoms with Gasteiger partial charge in [-0.1, -0.05) is 11.8 Å². The van der Waals surface area contributed by atoms with E-state index < -0.39 is 42.4 Å². The van der Waals surface area contributed by atoms with Crippen LogP contribution in [0.3, 0.4) is 0 Å². The third-order valence-electron chi connectivity index (χ3n) is 3.73. The minimum absolute atomic E-state index is 0.0926. The lowest BCUT2D eigenvalue weighted by Gasteiger charge is -2.18. The van der Waals surface area contributed by atoms with Crippen LogP contribution in [-0.4, -0.2) is 19.7 Å². The second kappa shape index (κ2) is 6.03. The Kier molecular flexibility index (Phi) is 4.00. The lowest BCUT2D eigenvalue weighted by Crippen LogP contribution is -2.08. The maximum absolute atomic E-state index is 11.3. The molecule has 0 bridgehead atoms. The van der Waals surface area contributed by atoms with Gasteiger partial charge in [-0.3, -0.25) is 40.5 Å². The van der Waals surface area contributed by atoms with Crippen LogP contribution in [0.2, 0.25) is 0 Å². The summed E-state index contributed by atoms with van der Waals surface area (Å²) < 4.78 is 0. The molecule has 0 saturated carbocycles. The molecule has 2 aromatic rings. The second-order valence-electron chi connectivity index (χ2n) is 5.19. The molecule has 1 aliphatic rings. The zero-order valence-corrected chi connectivity index (χ0v) is 13.3. The molecule has 0 atom stereocenters. The molecule has 12 nitrogen and oxygen atoms in total. The highest BCUT2D eigenvalue weighted by Crippen LogP contribution is 2.48. The largest absolute Gasteiger partial charge is 0.280 e. The lowest BCUT2D eigenvalue weighted by molar-refractivity contribution is -0.395. The smallest absolute Gasteiger partial charge is 0.258 e. The fourth-order valence-corrected chi connectivity index (χ4v) is 3.80. The first kappa shape index (κ1) is 17.2. The Morgan fingerprint density at radius 2 is 1.04 bits per heavy atom. The van der Waals surface area contributed by atoms with Crippen LogP contribution in [-0.2, 0) is 6.42 Å². The predicted molar refractivity (Wildman–Crippen MR) is 86.4 cm³/mol. The number of nitrogens with zero attached hydrogens (tertiary/aromatic N) is 4. The summed E-state index contributed by atoms with van der Waals surface area (Å²) >= 11 is 0.791. The lowest BCUT2D eigenvalue weighted by atomic mass is 10.00. The third kappa shape index (κ3) is 2.79. The number of benzene rings is 2. The van der Waals surface area contributed by atoms with Gasteiger partial charge in [0, 0.05) is 39.5 Å². The minimum Gasteiger partial charge on any atom is -0.258 e. The Hall–Kier alpha value is -3.61. The van der Waals surface area contributed by atoms with Gasteiger partial charge in [0.1, 0.15) is 0 Å². The number of fused-ring (bicyclic) bond motifs is 2. The first-order valence-electron chi connectivity index (χ1n) is 6.78. The molecule has 132 valence electrons. The Labute approximate surface area is 147 Å². The summed E-state index contributed by atoms with van der Waals surface area (Å²) in [5.74, 6) is 0. The number of hydrogen-bond acceptors (Lipinski definition) is 9. The standard InChI is InChI=1S/C13H6N4O8S/c18-14(19)6-1-10(16(22)23)8-5-9-11(17(24)25)2-7(15(20)21)4-13(9)26-12(8)3-6/h1-4H,5H2. The van der Waals surface area contributed by atoms with E-state index in [0.29, 0.717) is 0 Å². The van der Waals surface area contributed by atoms with Crippen molar-refractivity contribution in [1.29, 1.82) is 0 Å². The maximum Gasteiger partial charge on any atom is 0.280 e. The number of nitro groups is 4. The molecule has 0 spiro atoms. The number of non-ortho nitro benzene ring substituents is 2. The zero-order valence-electron chi connectivity index (χ0n) is 12.5. The molecule has 0 unspecified atom stereocenters. The molecule has 0 radical (unpaired) electrons. The molecule has 2 aromatic carbocycles. The van der Waals surface area contributed by atoms with Crippen LogP contribution in [0.1, 0.15) is 11.1 Å². The van der Waals surface area contributed by atoms with E-state index in [-0.39, 0.29) is 27.3 Å². The summed E-state index contributed by atoms with van der Waals surface area (Å²) in [6.07, 6.45) is -0.236. The molecule has 3 rings (SSSR count). The van der Waals surface area contributed by atoms with Crippen molar-refractivity contribution < 1.29 is 19.7 Å². The van der Waals surface area contributed by atoms with Gasteiger partial charge in [0.15, 0.2) is 0 Å². The molecule has 0 fully saturated rings. The molecule has 13 heteroatoms. The van der Waals surface area contributed by atoms with Crippen LogP contribution < -0.4 is 0 Å². The van der Waals surface area contributed by atoms with E-state index >= 15 is 0 Å². The number of nitro benzene ring substituents is 4. The van der Waals surface area contributed by atoms with Crippen LogP contribution in [0.15, 0.2) is 34.1 Å². The molecular formula is C13H6N4O8S. The molecule has 1 aliphatic heterocycles. The summed E-state index contributed by atoms with van der Waals surface area (Å²) in [4.78, 5) is 41.7.